The number of ether oxygens (including phenoxy) is 2. The van der Waals surface area contributed by atoms with Gasteiger partial charge in [0.2, 0.25) is 5.95 Å². The topological polar surface area (TPSA) is 120 Å². The van der Waals surface area contributed by atoms with Crippen LogP contribution < -0.4 is 15.8 Å². The van der Waals surface area contributed by atoms with E-state index in [-0.39, 0.29) is 31.0 Å². The van der Waals surface area contributed by atoms with E-state index in [2.05, 4.69) is 22.2 Å². The summed E-state index contributed by atoms with van der Waals surface area (Å²) < 4.78 is 10.6. The second-order valence-corrected chi connectivity index (χ2v) is 7.41. The number of rotatable bonds is 12. The molecule has 8 heteroatoms. The van der Waals surface area contributed by atoms with Crippen molar-refractivity contribution in [3.8, 4) is 5.75 Å². The Morgan fingerprint density at radius 3 is 2.71 bits per heavy atom. The molecular formula is C23H34N4O4. The molecule has 0 aliphatic rings. The van der Waals surface area contributed by atoms with Gasteiger partial charge in [-0.3, -0.25) is 4.79 Å². The Hall–Kier alpha value is -2.87. The minimum atomic E-state index is -0.264. The molecule has 0 spiro atoms. The highest BCUT2D eigenvalue weighted by Gasteiger charge is 2.17. The van der Waals surface area contributed by atoms with Gasteiger partial charge in [0.1, 0.15) is 11.6 Å². The smallest absolute Gasteiger partial charge is 0.310 e. The molecule has 1 atom stereocenters. The summed E-state index contributed by atoms with van der Waals surface area (Å²) in [5.74, 6) is 1.35. The molecule has 170 valence electrons. The lowest BCUT2D eigenvalue weighted by Crippen LogP contribution is -2.22. The lowest BCUT2D eigenvalue weighted by Gasteiger charge is -2.21. The third-order valence-electron chi connectivity index (χ3n) is 5.15. The molecule has 0 aliphatic carbocycles. The van der Waals surface area contributed by atoms with E-state index in [1.54, 1.807) is 14.0 Å². The van der Waals surface area contributed by atoms with Crippen LogP contribution in [0.25, 0.3) is 0 Å². The maximum Gasteiger partial charge on any atom is 0.310 e. The molecule has 2 rings (SSSR count). The summed E-state index contributed by atoms with van der Waals surface area (Å²) >= 11 is 0. The van der Waals surface area contributed by atoms with Crippen LogP contribution in [0.4, 0.5) is 11.8 Å². The molecule has 1 unspecified atom stereocenters. The van der Waals surface area contributed by atoms with Crippen molar-refractivity contribution in [3.63, 3.8) is 0 Å². The van der Waals surface area contributed by atoms with Gasteiger partial charge in [-0.2, -0.15) is 4.98 Å². The molecule has 0 saturated heterocycles. The first kappa shape index (κ1) is 24.4. The standard InChI is InChI=1S/C23H34N4O4/c1-5-18(8-7-11-28)26-22-19(15(3)25-23(24)27-22)14-17-10-9-16(12-20(17)30-4)13-21(29)31-6-2/h9-10,12,18,28H,5-8,11,13-14H2,1-4H3,(H3,24,25,26,27). The van der Waals surface area contributed by atoms with Crippen molar-refractivity contribution in [3.05, 3.63) is 40.6 Å². The average molecular weight is 431 g/mol. The van der Waals surface area contributed by atoms with E-state index in [4.69, 9.17) is 20.3 Å². The quantitative estimate of drug-likeness (QED) is 0.440. The van der Waals surface area contributed by atoms with Crippen molar-refractivity contribution >= 4 is 17.7 Å². The van der Waals surface area contributed by atoms with Gasteiger partial charge in [-0.15, -0.1) is 0 Å². The van der Waals surface area contributed by atoms with Gasteiger partial charge in [0.15, 0.2) is 0 Å². The molecule has 0 amide bonds. The third kappa shape index (κ3) is 7.10. The first-order valence-electron chi connectivity index (χ1n) is 10.7. The Bertz CT molecular complexity index is 873. The number of carbonyl (C=O) groups excluding carboxylic acids is 1. The molecule has 0 radical (unpaired) electrons. The number of hydrogen-bond acceptors (Lipinski definition) is 8. The average Bonchev–Trinajstić information content (AvgIpc) is 2.74. The van der Waals surface area contributed by atoms with Crippen LogP contribution in [0.15, 0.2) is 18.2 Å². The summed E-state index contributed by atoms with van der Waals surface area (Å²) in [6, 6.07) is 5.90. The van der Waals surface area contributed by atoms with Crippen molar-refractivity contribution < 1.29 is 19.4 Å². The maximum atomic E-state index is 11.8. The van der Waals surface area contributed by atoms with Gasteiger partial charge in [-0.25, -0.2) is 4.98 Å². The second-order valence-electron chi connectivity index (χ2n) is 7.41. The molecule has 31 heavy (non-hydrogen) atoms. The van der Waals surface area contributed by atoms with Gasteiger partial charge in [0.05, 0.1) is 20.1 Å². The van der Waals surface area contributed by atoms with Gasteiger partial charge in [-0.1, -0.05) is 19.1 Å². The van der Waals surface area contributed by atoms with Crippen LogP contribution in [-0.2, 0) is 22.4 Å². The summed E-state index contributed by atoms with van der Waals surface area (Å²) in [5.41, 5.74) is 9.44. The largest absolute Gasteiger partial charge is 0.496 e. The summed E-state index contributed by atoms with van der Waals surface area (Å²) in [6.45, 7) is 6.31. The molecule has 4 N–H and O–H groups in total. The fourth-order valence-electron chi connectivity index (χ4n) is 3.47. The number of aliphatic hydroxyl groups excluding tert-OH is 1. The van der Waals surface area contributed by atoms with Crippen LogP contribution in [0.5, 0.6) is 5.75 Å². The van der Waals surface area contributed by atoms with Crippen molar-refractivity contribution in [1.29, 1.82) is 0 Å². The zero-order valence-corrected chi connectivity index (χ0v) is 18.9. The fourth-order valence-corrected chi connectivity index (χ4v) is 3.47. The molecule has 0 fully saturated rings. The second kappa shape index (κ2) is 12.1. The van der Waals surface area contributed by atoms with Crippen molar-refractivity contribution in [1.82, 2.24) is 9.97 Å². The third-order valence-corrected chi connectivity index (χ3v) is 5.15. The minimum absolute atomic E-state index is 0.158. The Balaban J connectivity index is 2.31. The number of anilines is 2. The number of carbonyl (C=O) groups is 1. The van der Waals surface area contributed by atoms with Crippen LogP contribution in [-0.4, -0.2) is 47.4 Å². The van der Waals surface area contributed by atoms with Gasteiger partial charge in [-0.05, 0) is 50.3 Å². The van der Waals surface area contributed by atoms with Crippen LogP contribution in [0.2, 0.25) is 0 Å². The van der Waals surface area contributed by atoms with E-state index in [1.165, 1.54) is 0 Å². The molecule has 0 aliphatic heterocycles. The van der Waals surface area contributed by atoms with Gasteiger partial charge >= 0.3 is 5.97 Å². The number of esters is 1. The lowest BCUT2D eigenvalue weighted by molar-refractivity contribution is -0.142. The highest BCUT2D eigenvalue weighted by Crippen LogP contribution is 2.28. The number of aromatic nitrogens is 2. The Morgan fingerprint density at radius 2 is 2.06 bits per heavy atom. The molecule has 2 aromatic rings. The monoisotopic (exact) mass is 430 g/mol. The number of nitrogens with two attached hydrogens (primary N) is 1. The summed E-state index contributed by atoms with van der Waals surface area (Å²) in [6.07, 6.45) is 3.20. The van der Waals surface area contributed by atoms with Crippen molar-refractivity contribution in [2.24, 2.45) is 0 Å². The van der Waals surface area contributed by atoms with E-state index in [0.29, 0.717) is 24.6 Å². The number of methoxy groups -OCH3 is 1. The zero-order valence-electron chi connectivity index (χ0n) is 18.9. The van der Waals surface area contributed by atoms with Crippen LogP contribution in [0, 0.1) is 6.92 Å². The number of nitrogens with zero attached hydrogens (tertiary/aromatic N) is 2. The van der Waals surface area contributed by atoms with Crippen LogP contribution >= 0.6 is 0 Å². The predicted molar refractivity (Wildman–Crippen MR) is 121 cm³/mol. The van der Waals surface area contributed by atoms with Crippen LogP contribution in [0.1, 0.15) is 55.5 Å². The summed E-state index contributed by atoms with van der Waals surface area (Å²) in [5, 5.41) is 12.6. The number of benzene rings is 1. The molecule has 1 aromatic carbocycles. The van der Waals surface area contributed by atoms with E-state index in [1.807, 2.05) is 25.1 Å². The van der Waals surface area contributed by atoms with Gasteiger partial charge < -0.3 is 25.6 Å². The number of aliphatic hydroxyl groups is 1. The summed E-state index contributed by atoms with van der Waals surface area (Å²) in [4.78, 5) is 20.6. The molecular weight excluding hydrogens is 396 g/mol. The van der Waals surface area contributed by atoms with E-state index in [0.717, 1.165) is 41.6 Å². The SMILES string of the molecule is CCOC(=O)Cc1ccc(Cc2c(C)nc(N)nc2NC(CC)CCCO)c(OC)c1. The minimum Gasteiger partial charge on any atom is -0.496 e. The molecule has 8 nitrogen and oxygen atoms in total. The van der Waals surface area contributed by atoms with Gasteiger partial charge in [0, 0.05) is 30.3 Å². The van der Waals surface area contributed by atoms with Gasteiger partial charge in [0.25, 0.3) is 0 Å². The molecule has 1 heterocycles. The van der Waals surface area contributed by atoms with E-state index >= 15 is 0 Å². The Kier molecular flexibility index (Phi) is 9.52. The van der Waals surface area contributed by atoms with Crippen LogP contribution in [0.3, 0.4) is 0 Å². The molecule has 0 bridgehead atoms. The molecule has 0 saturated carbocycles. The first-order valence-corrected chi connectivity index (χ1v) is 10.7. The van der Waals surface area contributed by atoms with Crippen molar-refractivity contribution in [2.75, 3.05) is 31.4 Å². The van der Waals surface area contributed by atoms with E-state index < -0.39 is 0 Å². The number of nitrogen functional groups attached to an aromatic ring is 1. The molecule has 1 aromatic heterocycles. The predicted octanol–water partition coefficient (Wildman–Crippen LogP) is 3.04. The highest BCUT2D eigenvalue weighted by molar-refractivity contribution is 5.72. The number of hydrogen-bond donors (Lipinski definition) is 3. The Labute approximate surface area is 184 Å². The lowest BCUT2D eigenvalue weighted by atomic mass is 10.00. The van der Waals surface area contributed by atoms with Crippen molar-refractivity contribution in [2.45, 2.75) is 58.9 Å². The maximum absolute atomic E-state index is 11.8. The zero-order chi connectivity index (χ0) is 22.8. The number of nitrogens with one attached hydrogen (secondary N) is 1. The fraction of sp³-hybridized carbons (Fsp3) is 0.522. The first-order chi connectivity index (χ1) is 14.9. The normalized spacial score (nSPS) is 11.8. The number of aryl methyl sites for hydroxylation is 1. The Morgan fingerprint density at radius 1 is 1.29 bits per heavy atom. The van der Waals surface area contributed by atoms with E-state index in [9.17, 15) is 4.79 Å². The highest BCUT2D eigenvalue weighted by atomic mass is 16.5. The summed E-state index contributed by atoms with van der Waals surface area (Å²) in [7, 11) is 1.61.